The molecule has 28 heavy (non-hydrogen) atoms. The highest BCUT2D eigenvalue weighted by Crippen LogP contribution is 2.20. The van der Waals surface area contributed by atoms with Crippen LogP contribution in [0.5, 0.6) is 0 Å². The molecule has 0 aliphatic carbocycles. The summed E-state index contributed by atoms with van der Waals surface area (Å²) in [6, 6.07) is 5.51. The molecule has 0 aliphatic rings. The van der Waals surface area contributed by atoms with Gasteiger partial charge in [-0.15, -0.1) is 12.8 Å². The Kier molecular flexibility index (Phi) is 16.4. The highest BCUT2D eigenvalue weighted by atomic mass is 79.9. The van der Waals surface area contributed by atoms with E-state index in [4.69, 9.17) is 28.3 Å². The highest BCUT2D eigenvalue weighted by Gasteiger charge is 2.06. The van der Waals surface area contributed by atoms with Crippen LogP contribution >= 0.6 is 39.1 Å². The molecule has 152 valence electrons. The van der Waals surface area contributed by atoms with Crippen molar-refractivity contribution in [2.75, 3.05) is 0 Å². The molecule has 1 N–H and O–H groups in total. The third kappa shape index (κ3) is 11.1. The summed E-state index contributed by atoms with van der Waals surface area (Å²) in [7, 11) is 0. The van der Waals surface area contributed by atoms with Crippen molar-refractivity contribution in [1.82, 2.24) is 0 Å². The van der Waals surface area contributed by atoms with Gasteiger partial charge in [-0.3, -0.25) is 0 Å². The van der Waals surface area contributed by atoms with Crippen LogP contribution in [0, 0.1) is 12.8 Å². The number of benzene rings is 1. The van der Waals surface area contributed by atoms with E-state index in [0.717, 1.165) is 33.3 Å². The summed E-state index contributed by atoms with van der Waals surface area (Å²) in [5.74, 6) is -0.975. The van der Waals surface area contributed by atoms with Crippen LogP contribution in [0.2, 0.25) is 10.0 Å². The van der Waals surface area contributed by atoms with Crippen molar-refractivity contribution < 1.29 is 9.90 Å². The van der Waals surface area contributed by atoms with E-state index in [2.05, 4.69) is 40.7 Å². The topological polar surface area (TPSA) is 49.7 Å². The van der Waals surface area contributed by atoms with Gasteiger partial charge in [0, 0.05) is 15.8 Å². The molecule has 0 aliphatic heterocycles. The second-order valence-corrected chi connectivity index (χ2v) is 6.85. The monoisotopic (exact) mass is 485 g/mol. The van der Waals surface area contributed by atoms with E-state index in [1.54, 1.807) is 6.07 Å². The van der Waals surface area contributed by atoms with Gasteiger partial charge in [-0.1, -0.05) is 48.4 Å². The molecule has 0 radical (unpaired) electrons. The van der Waals surface area contributed by atoms with Gasteiger partial charge in [0.2, 0.25) is 0 Å². The van der Waals surface area contributed by atoms with E-state index in [-0.39, 0.29) is 5.57 Å². The van der Waals surface area contributed by atoms with Crippen molar-refractivity contribution in [1.29, 1.82) is 0 Å². The maximum atomic E-state index is 10.7. The van der Waals surface area contributed by atoms with Crippen LogP contribution in [0.15, 0.2) is 57.2 Å². The van der Waals surface area contributed by atoms with E-state index in [1.165, 1.54) is 6.92 Å². The Morgan fingerprint density at radius 2 is 1.82 bits per heavy atom. The fraction of sp³-hybridized carbons (Fsp3) is 0.273. The smallest absolute Gasteiger partial charge is 0.334 e. The predicted molar refractivity (Wildman–Crippen MR) is 127 cm³/mol. The predicted octanol–water partition coefficient (Wildman–Crippen LogP) is 7.49. The number of hydrogen-bond acceptors (Lipinski definition) is 2. The second-order valence-electron chi connectivity index (χ2n) is 5.25. The van der Waals surface area contributed by atoms with Gasteiger partial charge < -0.3 is 5.11 Å². The van der Waals surface area contributed by atoms with Gasteiger partial charge in [0.25, 0.3) is 0 Å². The minimum atomic E-state index is -0.975. The summed E-state index contributed by atoms with van der Waals surface area (Å²) in [4.78, 5) is 14.9. The van der Waals surface area contributed by atoms with Gasteiger partial charge in [0.15, 0.2) is 0 Å². The number of allylic oxidation sites excluding steroid dienone is 4. The van der Waals surface area contributed by atoms with Crippen molar-refractivity contribution in [2.24, 2.45) is 4.99 Å². The summed E-state index contributed by atoms with van der Waals surface area (Å²) >= 11 is 14.7. The number of aliphatic imine (C=N–C) groups is 1. The summed E-state index contributed by atoms with van der Waals surface area (Å²) in [6.07, 6.45) is 14.7. The number of carboxylic acids is 1. The molecular formula is C22H26BrCl2NO2. The van der Waals surface area contributed by atoms with Crippen LogP contribution in [-0.2, 0) is 11.2 Å². The third-order valence-electron chi connectivity index (χ3n) is 3.36. The molecule has 0 amide bonds. The first-order valence-corrected chi connectivity index (χ1v) is 9.94. The lowest BCUT2D eigenvalue weighted by Gasteiger charge is -2.02. The Morgan fingerprint density at radius 1 is 1.25 bits per heavy atom. The normalized spacial score (nSPS) is 12.4. The molecule has 1 aromatic rings. The van der Waals surface area contributed by atoms with E-state index < -0.39 is 5.97 Å². The molecule has 1 rings (SSSR count). The summed E-state index contributed by atoms with van der Waals surface area (Å²) in [6.45, 7) is 9.23. The largest absolute Gasteiger partial charge is 0.478 e. The molecule has 0 aromatic heterocycles. The zero-order chi connectivity index (χ0) is 22.3. The number of carboxylic acid groups (broad SMARTS) is 1. The zero-order valence-corrected chi connectivity index (χ0v) is 19.9. The van der Waals surface area contributed by atoms with Gasteiger partial charge in [0.1, 0.15) is 4.61 Å². The van der Waals surface area contributed by atoms with Gasteiger partial charge in [-0.25, -0.2) is 9.79 Å². The Morgan fingerprint density at radius 3 is 2.21 bits per heavy atom. The first kappa shape index (κ1) is 28.4. The fourth-order valence-corrected chi connectivity index (χ4v) is 2.68. The molecule has 0 fully saturated rings. The maximum Gasteiger partial charge on any atom is 0.334 e. The van der Waals surface area contributed by atoms with E-state index in [0.29, 0.717) is 4.61 Å². The number of hydrogen-bond donors (Lipinski definition) is 1. The number of aryl methyl sites for hydroxylation is 1. The van der Waals surface area contributed by atoms with E-state index in [1.807, 2.05) is 51.1 Å². The minimum Gasteiger partial charge on any atom is -0.478 e. The molecule has 1 aromatic carbocycles. The third-order valence-corrected chi connectivity index (χ3v) is 4.74. The Hall–Kier alpha value is -1.80. The molecule has 0 saturated carbocycles. The van der Waals surface area contributed by atoms with Crippen molar-refractivity contribution in [3.05, 3.63) is 67.8 Å². The second kappa shape index (κ2) is 16.2. The Labute approximate surface area is 187 Å². The standard InChI is InChI=1S/C12H16BrNO2.C8H8Cl2.C2H2/c1-5-7-10(6-2)9(4)14-11(13)8(3)12(15)16;1-2-6-5-7(9)3-4-8(6)10;1-2/h5-7H,1-4H3,(H,15,16);3-5H,2H2,1H3;1-2H/b7-5-,10-6+,11-8+,14-9+;;. The number of rotatable bonds is 5. The molecule has 0 atom stereocenters. The lowest BCUT2D eigenvalue weighted by molar-refractivity contribution is -0.132. The minimum absolute atomic E-state index is 0.190. The molecular weight excluding hydrogens is 461 g/mol. The molecule has 0 saturated heterocycles. The summed E-state index contributed by atoms with van der Waals surface area (Å²) in [5, 5.41) is 10.3. The number of aliphatic carboxylic acids is 1. The molecule has 0 heterocycles. The SMILES string of the molecule is C#C.CCc1cc(Cl)ccc1Cl.C\C=C/C(=C\C)C(/C)=N/C(Br)=C(\C)C(=O)O. The van der Waals surface area contributed by atoms with E-state index in [9.17, 15) is 4.79 Å². The fourth-order valence-electron chi connectivity index (χ4n) is 1.80. The number of nitrogens with zero attached hydrogens (tertiary/aromatic N) is 1. The quantitative estimate of drug-likeness (QED) is 0.154. The number of carbonyl (C=O) groups is 1. The van der Waals surface area contributed by atoms with Crippen LogP contribution < -0.4 is 0 Å². The Balaban J connectivity index is 0. The van der Waals surface area contributed by atoms with Crippen molar-refractivity contribution in [2.45, 2.75) is 41.0 Å². The van der Waals surface area contributed by atoms with Crippen molar-refractivity contribution >= 4 is 50.8 Å². The molecule has 0 spiro atoms. The highest BCUT2D eigenvalue weighted by molar-refractivity contribution is 9.11. The first-order valence-electron chi connectivity index (χ1n) is 8.39. The number of halogens is 3. The van der Waals surface area contributed by atoms with Crippen LogP contribution in [-0.4, -0.2) is 16.8 Å². The van der Waals surface area contributed by atoms with Crippen LogP contribution in [0.25, 0.3) is 0 Å². The molecule has 6 heteroatoms. The average molecular weight is 487 g/mol. The molecule has 3 nitrogen and oxygen atoms in total. The van der Waals surface area contributed by atoms with Gasteiger partial charge in [-0.05, 0) is 79.4 Å². The summed E-state index contributed by atoms with van der Waals surface area (Å²) < 4.78 is 0.348. The van der Waals surface area contributed by atoms with Crippen molar-refractivity contribution in [3.8, 4) is 12.8 Å². The lowest BCUT2D eigenvalue weighted by Crippen LogP contribution is -2.00. The number of terminal acetylenes is 1. The maximum absolute atomic E-state index is 10.7. The van der Waals surface area contributed by atoms with Gasteiger partial charge >= 0.3 is 5.97 Å². The van der Waals surface area contributed by atoms with Crippen LogP contribution in [0.3, 0.4) is 0 Å². The van der Waals surface area contributed by atoms with E-state index >= 15 is 0 Å². The van der Waals surface area contributed by atoms with Gasteiger partial charge in [-0.2, -0.15) is 0 Å². The van der Waals surface area contributed by atoms with Gasteiger partial charge in [0.05, 0.1) is 5.57 Å². The lowest BCUT2D eigenvalue weighted by atomic mass is 10.1. The zero-order valence-electron chi connectivity index (χ0n) is 16.8. The molecule has 0 bridgehead atoms. The Bertz CT molecular complexity index is 791. The summed E-state index contributed by atoms with van der Waals surface area (Å²) in [5.41, 5.74) is 3.04. The van der Waals surface area contributed by atoms with Crippen LogP contribution in [0.1, 0.15) is 40.2 Å². The molecule has 0 unspecified atom stereocenters. The first-order chi connectivity index (χ1) is 13.2. The van der Waals surface area contributed by atoms with Crippen molar-refractivity contribution in [3.63, 3.8) is 0 Å². The van der Waals surface area contributed by atoms with Crippen LogP contribution in [0.4, 0.5) is 0 Å². The average Bonchev–Trinajstić information content (AvgIpc) is 2.68.